The van der Waals surface area contributed by atoms with E-state index in [0.29, 0.717) is 5.69 Å². The third-order valence-corrected chi connectivity index (χ3v) is 5.57. The summed E-state index contributed by atoms with van der Waals surface area (Å²) in [5, 5.41) is 2.47. The molecule has 8 heteroatoms. The Balaban J connectivity index is 1.78. The second-order valence-electron chi connectivity index (χ2n) is 6.08. The van der Waals surface area contributed by atoms with Gasteiger partial charge >= 0.3 is 0 Å². The topological polar surface area (TPSA) is 75.3 Å². The van der Waals surface area contributed by atoms with Crippen LogP contribution in [0.25, 0.3) is 0 Å². The van der Waals surface area contributed by atoms with Crippen molar-refractivity contribution in [2.75, 3.05) is 10.0 Å². The number of nitrogens with one attached hydrogen (secondary N) is 2. The first kappa shape index (κ1) is 19.9. The molecule has 0 heterocycles. The van der Waals surface area contributed by atoms with Crippen LogP contribution in [0, 0.1) is 12.7 Å². The highest BCUT2D eigenvalue weighted by Gasteiger charge is 2.15. The summed E-state index contributed by atoms with van der Waals surface area (Å²) in [5.74, 6) is -1.08. The van der Waals surface area contributed by atoms with Gasteiger partial charge in [0, 0.05) is 16.9 Å². The maximum atomic E-state index is 13.2. The molecule has 0 aliphatic carbocycles. The summed E-state index contributed by atoms with van der Waals surface area (Å²) in [4.78, 5) is 12.5. The molecule has 3 aromatic rings. The maximum absolute atomic E-state index is 13.2. The van der Waals surface area contributed by atoms with Crippen LogP contribution in [0.5, 0.6) is 0 Å². The molecule has 0 aliphatic rings. The Kier molecular flexibility index (Phi) is 5.67. The smallest absolute Gasteiger partial charge is 0.261 e. The van der Waals surface area contributed by atoms with Crippen LogP contribution in [-0.2, 0) is 10.0 Å². The SMILES string of the molecule is Cc1ccc(S(=O)(=O)Nc2cccc(C(=O)Nc3ccc(F)c(Cl)c3)c2)cc1. The summed E-state index contributed by atoms with van der Waals surface area (Å²) in [6.45, 7) is 1.86. The Morgan fingerprint density at radius 2 is 1.68 bits per heavy atom. The number of carbonyl (C=O) groups is 1. The molecular weight excluding hydrogens is 403 g/mol. The highest BCUT2D eigenvalue weighted by molar-refractivity contribution is 7.92. The van der Waals surface area contributed by atoms with E-state index in [1.165, 1.54) is 42.5 Å². The van der Waals surface area contributed by atoms with Gasteiger partial charge in [-0.25, -0.2) is 12.8 Å². The third-order valence-electron chi connectivity index (χ3n) is 3.89. The number of aryl methyl sites for hydroxylation is 1. The van der Waals surface area contributed by atoms with Gasteiger partial charge in [0.25, 0.3) is 15.9 Å². The summed E-state index contributed by atoms with van der Waals surface area (Å²) in [7, 11) is -3.78. The summed E-state index contributed by atoms with van der Waals surface area (Å²) >= 11 is 5.71. The summed E-state index contributed by atoms with van der Waals surface area (Å²) in [5.41, 5.74) is 1.73. The van der Waals surface area contributed by atoms with Crippen LogP contribution in [0.15, 0.2) is 71.6 Å². The van der Waals surface area contributed by atoms with Gasteiger partial charge in [-0.3, -0.25) is 9.52 Å². The number of amides is 1. The third kappa shape index (κ3) is 4.68. The van der Waals surface area contributed by atoms with E-state index in [1.807, 2.05) is 6.92 Å². The van der Waals surface area contributed by atoms with Gasteiger partial charge in [-0.2, -0.15) is 0 Å². The summed E-state index contributed by atoms with van der Waals surface area (Å²) in [6.07, 6.45) is 0. The van der Waals surface area contributed by atoms with Crippen LogP contribution < -0.4 is 10.0 Å². The van der Waals surface area contributed by atoms with Crippen molar-refractivity contribution in [3.05, 3.63) is 88.7 Å². The van der Waals surface area contributed by atoms with Gasteiger partial charge in [0.1, 0.15) is 5.82 Å². The molecule has 0 saturated heterocycles. The first-order valence-electron chi connectivity index (χ1n) is 8.20. The van der Waals surface area contributed by atoms with Gasteiger partial charge in [-0.1, -0.05) is 35.4 Å². The highest BCUT2D eigenvalue weighted by atomic mass is 35.5. The van der Waals surface area contributed by atoms with Crippen molar-refractivity contribution < 1.29 is 17.6 Å². The Labute approximate surface area is 167 Å². The number of sulfonamides is 1. The fourth-order valence-electron chi connectivity index (χ4n) is 2.43. The number of rotatable bonds is 5. The minimum absolute atomic E-state index is 0.114. The molecule has 0 radical (unpaired) electrons. The second kappa shape index (κ2) is 8.00. The normalized spacial score (nSPS) is 11.1. The Bertz CT molecular complexity index is 1130. The van der Waals surface area contributed by atoms with Crippen molar-refractivity contribution in [1.82, 2.24) is 0 Å². The van der Waals surface area contributed by atoms with E-state index >= 15 is 0 Å². The molecule has 0 aliphatic heterocycles. The highest BCUT2D eigenvalue weighted by Crippen LogP contribution is 2.21. The molecule has 0 atom stereocenters. The number of hydrogen-bond donors (Lipinski definition) is 2. The minimum Gasteiger partial charge on any atom is -0.322 e. The van der Waals surface area contributed by atoms with E-state index in [9.17, 15) is 17.6 Å². The standard InChI is InChI=1S/C20H16ClFN2O3S/c1-13-5-8-17(9-6-13)28(26,27)24-16-4-2-3-14(11-16)20(25)23-15-7-10-19(22)18(21)12-15/h2-12,24H,1H3,(H,23,25). The van der Waals surface area contributed by atoms with Gasteiger partial charge < -0.3 is 5.32 Å². The fourth-order valence-corrected chi connectivity index (χ4v) is 3.66. The molecule has 0 saturated carbocycles. The van der Waals surface area contributed by atoms with E-state index in [-0.39, 0.29) is 21.2 Å². The number of halogens is 2. The zero-order valence-electron chi connectivity index (χ0n) is 14.7. The van der Waals surface area contributed by atoms with Crippen molar-refractivity contribution in [2.45, 2.75) is 11.8 Å². The number of carbonyl (C=O) groups excluding carboxylic acids is 1. The van der Waals surface area contributed by atoms with E-state index in [4.69, 9.17) is 11.6 Å². The molecule has 28 heavy (non-hydrogen) atoms. The molecule has 0 unspecified atom stereocenters. The quantitative estimate of drug-likeness (QED) is 0.622. The summed E-state index contributed by atoms with van der Waals surface area (Å²) < 4.78 is 40.7. The van der Waals surface area contributed by atoms with Crippen LogP contribution in [-0.4, -0.2) is 14.3 Å². The van der Waals surface area contributed by atoms with Crippen LogP contribution in [0.1, 0.15) is 15.9 Å². The van der Waals surface area contributed by atoms with Crippen molar-refractivity contribution in [2.24, 2.45) is 0 Å². The van der Waals surface area contributed by atoms with Gasteiger partial charge in [-0.15, -0.1) is 0 Å². The Morgan fingerprint density at radius 1 is 0.964 bits per heavy atom. The predicted molar refractivity (Wildman–Crippen MR) is 108 cm³/mol. The van der Waals surface area contributed by atoms with Crippen molar-refractivity contribution in [3.63, 3.8) is 0 Å². The molecular formula is C20H16ClFN2O3S. The van der Waals surface area contributed by atoms with Crippen LogP contribution in [0.3, 0.4) is 0 Å². The zero-order chi connectivity index (χ0) is 20.3. The van der Waals surface area contributed by atoms with E-state index in [2.05, 4.69) is 10.0 Å². The van der Waals surface area contributed by atoms with Crippen LogP contribution in [0.2, 0.25) is 5.02 Å². The molecule has 3 rings (SSSR count). The average Bonchev–Trinajstić information content (AvgIpc) is 2.65. The summed E-state index contributed by atoms with van der Waals surface area (Å²) in [6, 6.07) is 16.3. The molecule has 0 fully saturated rings. The fraction of sp³-hybridized carbons (Fsp3) is 0.0500. The number of hydrogen-bond acceptors (Lipinski definition) is 3. The lowest BCUT2D eigenvalue weighted by Gasteiger charge is -2.10. The minimum atomic E-state index is -3.78. The predicted octanol–water partition coefficient (Wildman–Crippen LogP) is 4.84. The molecule has 0 aromatic heterocycles. The van der Waals surface area contributed by atoms with Crippen molar-refractivity contribution in [1.29, 1.82) is 0 Å². The second-order valence-corrected chi connectivity index (χ2v) is 8.17. The Hall–Kier alpha value is -2.90. The van der Waals surface area contributed by atoms with Gasteiger partial charge in [0.2, 0.25) is 0 Å². The van der Waals surface area contributed by atoms with E-state index in [1.54, 1.807) is 18.2 Å². The van der Waals surface area contributed by atoms with Crippen LogP contribution in [0.4, 0.5) is 15.8 Å². The van der Waals surface area contributed by atoms with E-state index in [0.717, 1.165) is 11.6 Å². The molecule has 2 N–H and O–H groups in total. The largest absolute Gasteiger partial charge is 0.322 e. The lowest BCUT2D eigenvalue weighted by atomic mass is 10.2. The van der Waals surface area contributed by atoms with E-state index < -0.39 is 21.7 Å². The average molecular weight is 419 g/mol. The lowest BCUT2D eigenvalue weighted by Crippen LogP contribution is -2.15. The van der Waals surface area contributed by atoms with Gasteiger partial charge in [-0.05, 0) is 55.5 Å². The molecule has 3 aromatic carbocycles. The zero-order valence-corrected chi connectivity index (χ0v) is 16.3. The monoisotopic (exact) mass is 418 g/mol. The molecule has 0 bridgehead atoms. The molecule has 5 nitrogen and oxygen atoms in total. The van der Waals surface area contributed by atoms with Crippen LogP contribution >= 0.6 is 11.6 Å². The lowest BCUT2D eigenvalue weighted by molar-refractivity contribution is 0.102. The first-order valence-corrected chi connectivity index (χ1v) is 10.1. The van der Waals surface area contributed by atoms with Gasteiger partial charge in [0.15, 0.2) is 0 Å². The maximum Gasteiger partial charge on any atom is 0.261 e. The molecule has 0 spiro atoms. The number of benzene rings is 3. The number of anilines is 2. The Morgan fingerprint density at radius 3 is 2.36 bits per heavy atom. The van der Waals surface area contributed by atoms with Crippen molar-refractivity contribution >= 4 is 38.9 Å². The van der Waals surface area contributed by atoms with Gasteiger partial charge in [0.05, 0.1) is 9.92 Å². The van der Waals surface area contributed by atoms with Crippen molar-refractivity contribution in [3.8, 4) is 0 Å². The molecule has 1 amide bonds. The molecule has 144 valence electrons. The first-order chi connectivity index (χ1) is 13.2.